The SMILES string of the molecule is CCC(C)(C)Nc1nc(NN)ncc1Cl. The molecule has 0 aliphatic rings. The summed E-state index contributed by atoms with van der Waals surface area (Å²) in [6, 6.07) is 0. The highest BCUT2D eigenvalue weighted by Gasteiger charge is 2.17. The maximum atomic E-state index is 5.96. The number of nitrogens with one attached hydrogen (secondary N) is 2. The molecule has 15 heavy (non-hydrogen) atoms. The molecular weight excluding hydrogens is 214 g/mol. The standard InChI is InChI=1S/C9H16ClN5/c1-4-9(2,3)14-7-6(10)5-12-8(13-7)15-11/h5H,4,11H2,1-3H3,(H2,12,13,14,15). The molecule has 5 nitrogen and oxygen atoms in total. The van der Waals surface area contributed by atoms with Crippen LogP contribution in [0.4, 0.5) is 11.8 Å². The van der Waals surface area contributed by atoms with Crippen LogP contribution in [0, 0.1) is 0 Å². The lowest BCUT2D eigenvalue weighted by Gasteiger charge is -2.25. The molecule has 0 aromatic carbocycles. The van der Waals surface area contributed by atoms with Crippen LogP contribution in [-0.2, 0) is 0 Å². The van der Waals surface area contributed by atoms with Gasteiger partial charge >= 0.3 is 0 Å². The zero-order chi connectivity index (χ0) is 11.5. The van der Waals surface area contributed by atoms with Gasteiger partial charge in [-0.25, -0.2) is 10.8 Å². The van der Waals surface area contributed by atoms with E-state index in [1.54, 1.807) is 0 Å². The summed E-state index contributed by atoms with van der Waals surface area (Å²) in [6.45, 7) is 6.23. The third-order valence-electron chi connectivity index (χ3n) is 2.21. The van der Waals surface area contributed by atoms with E-state index in [-0.39, 0.29) is 5.54 Å². The van der Waals surface area contributed by atoms with Gasteiger partial charge in [-0.05, 0) is 20.3 Å². The fourth-order valence-corrected chi connectivity index (χ4v) is 1.07. The van der Waals surface area contributed by atoms with Crippen LogP contribution in [0.5, 0.6) is 0 Å². The van der Waals surface area contributed by atoms with E-state index in [4.69, 9.17) is 17.4 Å². The number of halogens is 1. The van der Waals surface area contributed by atoms with Crippen LogP contribution >= 0.6 is 11.6 Å². The van der Waals surface area contributed by atoms with E-state index in [9.17, 15) is 0 Å². The smallest absolute Gasteiger partial charge is 0.239 e. The normalized spacial score (nSPS) is 11.3. The van der Waals surface area contributed by atoms with Crippen molar-refractivity contribution in [3.8, 4) is 0 Å². The molecule has 0 aliphatic carbocycles. The van der Waals surface area contributed by atoms with Crippen molar-refractivity contribution in [3.63, 3.8) is 0 Å². The summed E-state index contributed by atoms with van der Waals surface area (Å²) in [5.74, 6) is 6.15. The molecule has 0 bridgehead atoms. The van der Waals surface area contributed by atoms with Gasteiger partial charge in [0.05, 0.1) is 6.20 Å². The molecular formula is C9H16ClN5. The van der Waals surface area contributed by atoms with Crippen LogP contribution in [0.3, 0.4) is 0 Å². The fourth-order valence-electron chi connectivity index (χ4n) is 0.933. The predicted molar refractivity (Wildman–Crippen MR) is 62.8 cm³/mol. The van der Waals surface area contributed by atoms with Crippen molar-refractivity contribution < 1.29 is 0 Å². The highest BCUT2D eigenvalue weighted by Crippen LogP contribution is 2.23. The summed E-state index contributed by atoms with van der Waals surface area (Å²) in [5.41, 5.74) is 2.31. The molecule has 0 amide bonds. The van der Waals surface area contributed by atoms with Crippen molar-refractivity contribution in [2.24, 2.45) is 5.84 Å². The number of nitrogens with zero attached hydrogens (tertiary/aromatic N) is 2. The second kappa shape index (κ2) is 4.63. The van der Waals surface area contributed by atoms with Crippen molar-refractivity contribution >= 4 is 23.4 Å². The number of nitrogen functional groups attached to an aromatic ring is 1. The number of aromatic nitrogens is 2. The van der Waals surface area contributed by atoms with E-state index in [0.29, 0.717) is 16.8 Å². The van der Waals surface area contributed by atoms with Crippen molar-refractivity contribution in [3.05, 3.63) is 11.2 Å². The maximum absolute atomic E-state index is 5.96. The minimum atomic E-state index is -0.0656. The van der Waals surface area contributed by atoms with Crippen molar-refractivity contribution in [2.75, 3.05) is 10.7 Å². The first kappa shape index (κ1) is 12.0. The maximum Gasteiger partial charge on any atom is 0.239 e. The van der Waals surface area contributed by atoms with Crippen LogP contribution in [0.25, 0.3) is 0 Å². The zero-order valence-corrected chi connectivity index (χ0v) is 9.89. The molecule has 4 N–H and O–H groups in total. The number of hydrogen-bond acceptors (Lipinski definition) is 5. The first-order valence-electron chi connectivity index (χ1n) is 4.76. The average Bonchev–Trinajstić information content (AvgIpc) is 2.21. The van der Waals surface area contributed by atoms with Crippen molar-refractivity contribution in [2.45, 2.75) is 32.7 Å². The number of rotatable bonds is 4. The van der Waals surface area contributed by atoms with E-state index in [2.05, 4.69) is 41.5 Å². The van der Waals surface area contributed by atoms with Crippen LogP contribution in [-0.4, -0.2) is 15.5 Å². The molecule has 0 aliphatic heterocycles. The molecule has 1 heterocycles. The van der Waals surface area contributed by atoms with Crippen LogP contribution < -0.4 is 16.6 Å². The number of anilines is 2. The van der Waals surface area contributed by atoms with Crippen LogP contribution in [0.1, 0.15) is 27.2 Å². The highest BCUT2D eigenvalue weighted by atomic mass is 35.5. The number of hydrazine groups is 1. The van der Waals surface area contributed by atoms with E-state index in [1.807, 2.05) is 0 Å². The number of hydrogen-bond donors (Lipinski definition) is 3. The topological polar surface area (TPSA) is 75.9 Å². The molecule has 6 heteroatoms. The Bertz CT molecular complexity index is 339. The molecule has 0 saturated heterocycles. The minimum absolute atomic E-state index is 0.0656. The zero-order valence-electron chi connectivity index (χ0n) is 9.13. The summed E-state index contributed by atoms with van der Waals surface area (Å²) in [5, 5.41) is 3.71. The Kier molecular flexibility index (Phi) is 3.71. The van der Waals surface area contributed by atoms with Crippen LogP contribution in [0.15, 0.2) is 6.20 Å². The lowest BCUT2D eigenvalue weighted by atomic mass is 10.0. The van der Waals surface area contributed by atoms with Gasteiger partial charge in [-0.2, -0.15) is 4.98 Å². The van der Waals surface area contributed by atoms with Crippen LogP contribution in [0.2, 0.25) is 5.02 Å². The summed E-state index contributed by atoms with van der Waals surface area (Å²) < 4.78 is 0. The van der Waals surface area contributed by atoms with Gasteiger partial charge in [-0.15, -0.1) is 0 Å². The Morgan fingerprint density at radius 2 is 2.20 bits per heavy atom. The largest absolute Gasteiger partial charge is 0.364 e. The average molecular weight is 230 g/mol. The second-order valence-corrected chi connectivity index (χ2v) is 4.30. The molecule has 0 spiro atoms. The Hall–Kier alpha value is -1.07. The summed E-state index contributed by atoms with van der Waals surface area (Å²) in [6.07, 6.45) is 2.47. The predicted octanol–water partition coefficient (Wildman–Crippen LogP) is 2.02. The quantitative estimate of drug-likeness (QED) is 0.544. The molecule has 0 fully saturated rings. The second-order valence-electron chi connectivity index (χ2n) is 3.90. The summed E-state index contributed by atoms with van der Waals surface area (Å²) in [7, 11) is 0. The van der Waals surface area contributed by atoms with Gasteiger partial charge in [0.2, 0.25) is 5.95 Å². The Balaban J connectivity index is 2.93. The fraction of sp³-hybridized carbons (Fsp3) is 0.556. The Morgan fingerprint density at radius 3 is 2.73 bits per heavy atom. The molecule has 1 aromatic heterocycles. The minimum Gasteiger partial charge on any atom is -0.364 e. The number of nitrogens with two attached hydrogens (primary N) is 1. The molecule has 0 saturated carbocycles. The Morgan fingerprint density at radius 1 is 1.53 bits per heavy atom. The van der Waals surface area contributed by atoms with E-state index < -0.39 is 0 Å². The first-order chi connectivity index (χ1) is 6.98. The molecule has 84 valence electrons. The third-order valence-corrected chi connectivity index (χ3v) is 2.49. The molecule has 1 aromatic rings. The van der Waals surface area contributed by atoms with E-state index >= 15 is 0 Å². The lowest BCUT2D eigenvalue weighted by Crippen LogP contribution is -2.30. The third kappa shape index (κ3) is 3.21. The van der Waals surface area contributed by atoms with Gasteiger partial charge in [0.15, 0.2) is 5.82 Å². The van der Waals surface area contributed by atoms with E-state index in [0.717, 1.165) is 6.42 Å². The van der Waals surface area contributed by atoms with Gasteiger partial charge in [0.25, 0.3) is 0 Å². The first-order valence-corrected chi connectivity index (χ1v) is 5.13. The van der Waals surface area contributed by atoms with Gasteiger partial charge < -0.3 is 5.32 Å². The lowest BCUT2D eigenvalue weighted by molar-refractivity contribution is 0.545. The summed E-state index contributed by atoms with van der Waals surface area (Å²) in [4.78, 5) is 8.03. The van der Waals surface area contributed by atoms with Gasteiger partial charge in [-0.3, -0.25) is 5.43 Å². The summed E-state index contributed by atoms with van der Waals surface area (Å²) >= 11 is 5.96. The molecule has 1 rings (SSSR count). The highest BCUT2D eigenvalue weighted by molar-refractivity contribution is 6.32. The monoisotopic (exact) mass is 229 g/mol. The Labute approximate surface area is 94.4 Å². The molecule has 0 radical (unpaired) electrons. The molecule has 0 unspecified atom stereocenters. The van der Waals surface area contributed by atoms with Gasteiger partial charge in [0.1, 0.15) is 5.02 Å². The van der Waals surface area contributed by atoms with Crippen molar-refractivity contribution in [1.29, 1.82) is 0 Å². The molecule has 0 atom stereocenters. The van der Waals surface area contributed by atoms with Gasteiger partial charge in [0, 0.05) is 5.54 Å². The van der Waals surface area contributed by atoms with Crippen molar-refractivity contribution in [1.82, 2.24) is 9.97 Å². The van der Waals surface area contributed by atoms with E-state index in [1.165, 1.54) is 6.20 Å². The van der Waals surface area contributed by atoms with Gasteiger partial charge in [-0.1, -0.05) is 18.5 Å².